The summed E-state index contributed by atoms with van der Waals surface area (Å²) in [4.78, 5) is 20.2. The normalized spacial score (nSPS) is 11.5. The standard InChI is InChI=1S/C19H16N4O3/c1-25-13-8-7-12(16(9-13)26-2)10-21-23-11-20-17-14-5-3-4-6-15(14)22-18(17)19(23)24/h3-11,22H,1-2H3/b21-10-. The Balaban J connectivity index is 1.78. The van der Waals surface area contributed by atoms with E-state index in [0.29, 0.717) is 22.5 Å². The number of ether oxygens (including phenoxy) is 2. The van der Waals surface area contributed by atoms with Gasteiger partial charge in [0.2, 0.25) is 0 Å². The van der Waals surface area contributed by atoms with Crippen molar-refractivity contribution in [2.75, 3.05) is 14.2 Å². The fourth-order valence-electron chi connectivity index (χ4n) is 2.83. The molecule has 0 aliphatic carbocycles. The van der Waals surface area contributed by atoms with Crippen LogP contribution in [0, 0.1) is 0 Å². The van der Waals surface area contributed by atoms with E-state index in [0.717, 1.165) is 16.5 Å². The number of aromatic amines is 1. The van der Waals surface area contributed by atoms with Gasteiger partial charge in [0.25, 0.3) is 5.56 Å². The Hall–Kier alpha value is -3.61. The third-order valence-corrected chi connectivity index (χ3v) is 4.16. The van der Waals surface area contributed by atoms with Crippen LogP contribution in [0.15, 0.2) is 58.7 Å². The van der Waals surface area contributed by atoms with E-state index in [4.69, 9.17) is 9.47 Å². The van der Waals surface area contributed by atoms with Crippen molar-refractivity contribution < 1.29 is 9.47 Å². The van der Waals surface area contributed by atoms with Crippen molar-refractivity contribution in [1.29, 1.82) is 0 Å². The molecule has 130 valence electrons. The molecule has 0 amide bonds. The van der Waals surface area contributed by atoms with E-state index < -0.39 is 0 Å². The second-order valence-corrected chi connectivity index (χ2v) is 5.64. The first kappa shape index (κ1) is 15.9. The summed E-state index contributed by atoms with van der Waals surface area (Å²) in [7, 11) is 3.15. The zero-order valence-electron chi connectivity index (χ0n) is 14.3. The lowest BCUT2D eigenvalue weighted by atomic mass is 10.2. The Kier molecular flexibility index (Phi) is 3.89. The summed E-state index contributed by atoms with van der Waals surface area (Å²) in [5.41, 5.74) is 2.38. The predicted molar refractivity (Wildman–Crippen MR) is 100 cm³/mol. The van der Waals surface area contributed by atoms with Gasteiger partial charge in [0, 0.05) is 22.5 Å². The Morgan fingerprint density at radius 1 is 1.15 bits per heavy atom. The Labute approximate surface area is 148 Å². The highest BCUT2D eigenvalue weighted by atomic mass is 16.5. The van der Waals surface area contributed by atoms with Crippen molar-refractivity contribution in [3.63, 3.8) is 0 Å². The number of rotatable bonds is 4. The first-order valence-electron chi connectivity index (χ1n) is 7.95. The molecule has 0 atom stereocenters. The maximum atomic E-state index is 12.7. The number of fused-ring (bicyclic) bond motifs is 3. The number of H-pyrrole nitrogens is 1. The molecule has 26 heavy (non-hydrogen) atoms. The van der Waals surface area contributed by atoms with Crippen LogP contribution in [0.5, 0.6) is 11.5 Å². The van der Waals surface area contributed by atoms with E-state index in [1.807, 2.05) is 24.3 Å². The van der Waals surface area contributed by atoms with Gasteiger partial charge in [-0.3, -0.25) is 4.79 Å². The molecule has 0 aliphatic rings. The van der Waals surface area contributed by atoms with Gasteiger partial charge in [-0.15, -0.1) is 0 Å². The zero-order chi connectivity index (χ0) is 18.1. The average molecular weight is 348 g/mol. The van der Waals surface area contributed by atoms with Gasteiger partial charge in [0.1, 0.15) is 28.9 Å². The minimum atomic E-state index is -0.269. The molecular weight excluding hydrogens is 332 g/mol. The summed E-state index contributed by atoms with van der Waals surface area (Å²) in [6.07, 6.45) is 2.97. The van der Waals surface area contributed by atoms with Crippen molar-refractivity contribution in [3.05, 3.63) is 64.7 Å². The van der Waals surface area contributed by atoms with E-state index in [9.17, 15) is 4.79 Å². The SMILES string of the molecule is COc1ccc(/C=N\n2cnc3c([nH]c4ccccc43)c2=O)c(OC)c1. The van der Waals surface area contributed by atoms with Gasteiger partial charge in [-0.25, -0.2) is 4.98 Å². The van der Waals surface area contributed by atoms with E-state index in [1.165, 1.54) is 11.0 Å². The molecule has 0 bridgehead atoms. The van der Waals surface area contributed by atoms with Crippen molar-refractivity contribution in [2.45, 2.75) is 0 Å². The molecule has 0 fully saturated rings. The number of hydrogen-bond acceptors (Lipinski definition) is 5. The van der Waals surface area contributed by atoms with Crippen LogP contribution in [-0.2, 0) is 0 Å². The summed E-state index contributed by atoms with van der Waals surface area (Å²) >= 11 is 0. The first-order chi connectivity index (χ1) is 12.7. The van der Waals surface area contributed by atoms with Crippen molar-refractivity contribution in [3.8, 4) is 11.5 Å². The third-order valence-electron chi connectivity index (χ3n) is 4.16. The van der Waals surface area contributed by atoms with Gasteiger partial charge in [0.05, 0.1) is 20.4 Å². The average Bonchev–Trinajstić information content (AvgIpc) is 3.07. The van der Waals surface area contributed by atoms with Crippen LogP contribution in [0.2, 0.25) is 0 Å². The molecule has 4 aromatic rings. The van der Waals surface area contributed by atoms with Gasteiger partial charge in [-0.05, 0) is 18.2 Å². The second-order valence-electron chi connectivity index (χ2n) is 5.64. The summed E-state index contributed by atoms with van der Waals surface area (Å²) in [5, 5.41) is 5.15. The smallest absolute Gasteiger partial charge is 0.298 e. The quantitative estimate of drug-likeness (QED) is 0.575. The Morgan fingerprint density at radius 3 is 2.81 bits per heavy atom. The minimum absolute atomic E-state index is 0.269. The number of hydrogen-bond donors (Lipinski definition) is 1. The van der Waals surface area contributed by atoms with Crippen LogP contribution < -0.4 is 15.0 Å². The lowest BCUT2D eigenvalue weighted by Crippen LogP contribution is -2.17. The molecule has 2 heterocycles. The van der Waals surface area contributed by atoms with Gasteiger partial charge in [0.15, 0.2) is 0 Å². The summed E-state index contributed by atoms with van der Waals surface area (Å²) in [6, 6.07) is 13.0. The van der Waals surface area contributed by atoms with E-state index in [2.05, 4.69) is 15.1 Å². The summed E-state index contributed by atoms with van der Waals surface area (Å²) in [6.45, 7) is 0. The number of para-hydroxylation sites is 1. The molecule has 2 aromatic heterocycles. The zero-order valence-corrected chi connectivity index (χ0v) is 14.3. The summed E-state index contributed by atoms with van der Waals surface area (Å²) in [5.74, 6) is 1.28. The van der Waals surface area contributed by atoms with Crippen LogP contribution in [0.3, 0.4) is 0 Å². The van der Waals surface area contributed by atoms with Crippen molar-refractivity contribution in [2.24, 2.45) is 5.10 Å². The van der Waals surface area contributed by atoms with Crippen LogP contribution in [0.1, 0.15) is 5.56 Å². The number of aromatic nitrogens is 3. The lowest BCUT2D eigenvalue weighted by molar-refractivity contribution is 0.394. The Bertz CT molecular complexity index is 1190. The van der Waals surface area contributed by atoms with Crippen LogP contribution in [-0.4, -0.2) is 35.1 Å². The van der Waals surface area contributed by atoms with Crippen molar-refractivity contribution >= 4 is 28.2 Å². The van der Waals surface area contributed by atoms with Gasteiger partial charge in [-0.1, -0.05) is 18.2 Å². The monoisotopic (exact) mass is 348 g/mol. The molecule has 0 saturated heterocycles. The highest BCUT2D eigenvalue weighted by molar-refractivity contribution is 6.04. The maximum Gasteiger partial charge on any atom is 0.298 e. The topological polar surface area (TPSA) is 81.5 Å². The fourth-order valence-corrected chi connectivity index (χ4v) is 2.83. The molecule has 0 aliphatic heterocycles. The third kappa shape index (κ3) is 2.59. The maximum absolute atomic E-state index is 12.7. The highest BCUT2D eigenvalue weighted by Crippen LogP contribution is 2.23. The summed E-state index contributed by atoms with van der Waals surface area (Å²) < 4.78 is 11.7. The molecule has 0 saturated carbocycles. The molecule has 1 N–H and O–H groups in total. The molecule has 0 spiro atoms. The van der Waals surface area contributed by atoms with Crippen LogP contribution in [0.25, 0.3) is 21.9 Å². The second kappa shape index (κ2) is 6.36. The largest absolute Gasteiger partial charge is 0.497 e. The molecule has 4 rings (SSSR count). The fraction of sp³-hybridized carbons (Fsp3) is 0.105. The molecule has 2 aromatic carbocycles. The molecular formula is C19H16N4O3. The first-order valence-corrected chi connectivity index (χ1v) is 7.95. The number of benzene rings is 2. The number of methoxy groups -OCH3 is 2. The van der Waals surface area contributed by atoms with E-state index >= 15 is 0 Å². The number of nitrogens with zero attached hydrogens (tertiary/aromatic N) is 3. The van der Waals surface area contributed by atoms with Gasteiger partial charge in [-0.2, -0.15) is 9.78 Å². The van der Waals surface area contributed by atoms with Crippen molar-refractivity contribution in [1.82, 2.24) is 14.6 Å². The Morgan fingerprint density at radius 2 is 2.00 bits per heavy atom. The lowest BCUT2D eigenvalue weighted by Gasteiger charge is -2.06. The van der Waals surface area contributed by atoms with E-state index in [-0.39, 0.29) is 5.56 Å². The molecule has 0 radical (unpaired) electrons. The minimum Gasteiger partial charge on any atom is -0.497 e. The predicted octanol–water partition coefficient (Wildman–Crippen LogP) is 2.78. The molecule has 0 unspecified atom stereocenters. The van der Waals surface area contributed by atoms with E-state index in [1.54, 1.807) is 38.6 Å². The van der Waals surface area contributed by atoms with Crippen LogP contribution in [0.4, 0.5) is 0 Å². The van der Waals surface area contributed by atoms with Crippen LogP contribution >= 0.6 is 0 Å². The van der Waals surface area contributed by atoms with Gasteiger partial charge >= 0.3 is 0 Å². The highest BCUT2D eigenvalue weighted by Gasteiger charge is 2.10. The van der Waals surface area contributed by atoms with Gasteiger partial charge < -0.3 is 14.5 Å². The molecule has 7 nitrogen and oxygen atoms in total. The molecule has 7 heteroatoms. The number of nitrogens with one attached hydrogen (secondary N) is 1.